The zero-order chi connectivity index (χ0) is 21.1. The van der Waals surface area contributed by atoms with Crippen LogP contribution in [0, 0.1) is 3.57 Å². The zero-order valence-electron chi connectivity index (χ0n) is 16.5. The Labute approximate surface area is 189 Å². The topological polar surface area (TPSA) is 62.2 Å². The first-order chi connectivity index (χ1) is 14.6. The number of fused-ring (bicyclic) bond motifs is 1. The van der Waals surface area contributed by atoms with Gasteiger partial charge in [0.15, 0.2) is 5.75 Å². The number of hydrogen-bond donors (Lipinski definition) is 2. The number of benzene rings is 3. The van der Waals surface area contributed by atoms with E-state index in [1.165, 1.54) is 0 Å². The van der Waals surface area contributed by atoms with Gasteiger partial charge in [0.25, 0.3) is 5.91 Å². The molecule has 4 aromatic rings. The SMILES string of the molecule is CC[C@H](NC(=O)c1c(O)c(-c2ccccc2)nc2cc(I)ccc12)c1ccccc1. The first-order valence-corrected chi connectivity index (χ1v) is 10.9. The van der Waals surface area contributed by atoms with Crippen LogP contribution >= 0.6 is 22.6 Å². The van der Waals surface area contributed by atoms with Gasteiger partial charge in [-0.1, -0.05) is 73.7 Å². The lowest BCUT2D eigenvalue weighted by atomic mass is 10.00. The number of pyridine rings is 1. The number of aromatic nitrogens is 1. The van der Waals surface area contributed by atoms with Gasteiger partial charge in [-0.05, 0) is 46.7 Å². The summed E-state index contributed by atoms with van der Waals surface area (Å²) in [6.07, 6.45) is 0.739. The molecule has 0 saturated heterocycles. The molecule has 0 bridgehead atoms. The van der Waals surface area contributed by atoms with E-state index >= 15 is 0 Å². The van der Waals surface area contributed by atoms with Crippen LogP contribution in [0.15, 0.2) is 78.9 Å². The summed E-state index contributed by atoms with van der Waals surface area (Å²) < 4.78 is 1.01. The van der Waals surface area contributed by atoms with Gasteiger partial charge in [0, 0.05) is 14.5 Å². The van der Waals surface area contributed by atoms with Crippen LogP contribution in [0.1, 0.15) is 35.3 Å². The molecule has 150 valence electrons. The molecule has 1 aromatic heterocycles. The maximum Gasteiger partial charge on any atom is 0.256 e. The Morgan fingerprint density at radius 1 is 1.03 bits per heavy atom. The minimum Gasteiger partial charge on any atom is -0.505 e. The Hall–Kier alpha value is -2.93. The fraction of sp³-hybridized carbons (Fsp3) is 0.120. The number of carbonyl (C=O) groups excluding carboxylic acids is 1. The maximum atomic E-state index is 13.4. The predicted molar refractivity (Wildman–Crippen MR) is 129 cm³/mol. The Kier molecular flexibility index (Phi) is 5.99. The quantitative estimate of drug-likeness (QED) is 0.321. The van der Waals surface area contributed by atoms with E-state index in [0.29, 0.717) is 16.6 Å². The molecule has 2 N–H and O–H groups in total. The van der Waals surface area contributed by atoms with Crippen LogP contribution < -0.4 is 5.32 Å². The summed E-state index contributed by atoms with van der Waals surface area (Å²) in [5.41, 5.74) is 3.13. The van der Waals surface area contributed by atoms with Crippen molar-refractivity contribution in [3.8, 4) is 17.0 Å². The third kappa shape index (κ3) is 4.03. The molecular formula is C25H21IN2O2. The second kappa shape index (κ2) is 8.83. The van der Waals surface area contributed by atoms with E-state index in [-0.39, 0.29) is 23.3 Å². The molecule has 0 saturated carbocycles. The largest absolute Gasteiger partial charge is 0.505 e. The minimum atomic E-state index is -0.311. The summed E-state index contributed by atoms with van der Waals surface area (Å²) in [4.78, 5) is 18.1. The van der Waals surface area contributed by atoms with Crippen molar-refractivity contribution in [3.05, 3.63) is 93.6 Å². The molecule has 4 nitrogen and oxygen atoms in total. The van der Waals surface area contributed by atoms with Crippen molar-refractivity contribution >= 4 is 39.4 Å². The van der Waals surface area contributed by atoms with Crippen LogP contribution in [-0.2, 0) is 0 Å². The van der Waals surface area contributed by atoms with Gasteiger partial charge in [-0.15, -0.1) is 0 Å². The number of carbonyl (C=O) groups is 1. The van der Waals surface area contributed by atoms with Gasteiger partial charge >= 0.3 is 0 Å². The summed E-state index contributed by atoms with van der Waals surface area (Å²) in [5, 5.41) is 14.8. The highest BCUT2D eigenvalue weighted by molar-refractivity contribution is 14.1. The van der Waals surface area contributed by atoms with Crippen molar-refractivity contribution in [2.75, 3.05) is 0 Å². The van der Waals surface area contributed by atoms with E-state index in [1.807, 2.05) is 85.8 Å². The summed E-state index contributed by atoms with van der Waals surface area (Å²) in [6.45, 7) is 2.03. The smallest absolute Gasteiger partial charge is 0.256 e. The summed E-state index contributed by atoms with van der Waals surface area (Å²) in [6, 6.07) is 24.8. The first kappa shape index (κ1) is 20.3. The fourth-order valence-electron chi connectivity index (χ4n) is 3.59. The molecular weight excluding hydrogens is 487 g/mol. The molecule has 4 rings (SSSR count). The summed E-state index contributed by atoms with van der Waals surface area (Å²) in [5.74, 6) is -0.413. The van der Waals surface area contributed by atoms with Crippen molar-refractivity contribution < 1.29 is 9.90 Å². The number of halogens is 1. The van der Waals surface area contributed by atoms with E-state index in [9.17, 15) is 9.90 Å². The molecule has 3 aromatic carbocycles. The lowest BCUT2D eigenvalue weighted by molar-refractivity contribution is 0.0934. The lowest BCUT2D eigenvalue weighted by Crippen LogP contribution is -2.28. The van der Waals surface area contributed by atoms with Crippen LogP contribution in [-0.4, -0.2) is 16.0 Å². The number of rotatable bonds is 5. The molecule has 0 aliphatic rings. The fourth-order valence-corrected chi connectivity index (χ4v) is 4.07. The molecule has 0 spiro atoms. The lowest BCUT2D eigenvalue weighted by Gasteiger charge is -2.19. The van der Waals surface area contributed by atoms with Gasteiger partial charge in [-0.2, -0.15) is 0 Å². The van der Waals surface area contributed by atoms with Gasteiger partial charge in [0.1, 0.15) is 5.69 Å². The van der Waals surface area contributed by atoms with Crippen LogP contribution in [0.2, 0.25) is 0 Å². The van der Waals surface area contributed by atoms with Crippen LogP contribution in [0.3, 0.4) is 0 Å². The van der Waals surface area contributed by atoms with Gasteiger partial charge in [0.2, 0.25) is 0 Å². The molecule has 5 heteroatoms. The average molecular weight is 508 g/mol. The Balaban J connectivity index is 1.84. The van der Waals surface area contributed by atoms with Gasteiger partial charge < -0.3 is 10.4 Å². The van der Waals surface area contributed by atoms with Crippen molar-refractivity contribution in [1.82, 2.24) is 10.3 Å². The second-order valence-electron chi connectivity index (χ2n) is 7.06. The number of nitrogens with zero attached hydrogens (tertiary/aromatic N) is 1. The summed E-state index contributed by atoms with van der Waals surface area (Å²) in [7, 11) is 0. The van der Waals surface area contributed by atoms with E-state index < -0.39 is 0 Å². The molecule has 0 fully saturated rings. The predicted octanol–water partition coefficient (Wildman–Crippen LogP) is 6.09. The van der Waals surface area contributed by atoms with Gasteiger partial charge in [-0.25, -0.2) is 4.98 Å². The van der Waals surface area contributed by atoms with Crippen LogP contribution in [0.25, 0.3) is 22.2 Å². The molecule has 1 heterocycles. The normalized spacial score (nSPS) is 11.9. The van der Waals surface area contributed by atoms with E-state index in [4.69, 9.17) is 0 Å². The molecule has 0 radical (unpaired) electrons. The third-order valence-corrected chi connectivity index (χ3v) is 5.78. The Morgan fingerprint density at radius 3 is 2.37 bits per heavy atom. The molecule has 30 heavy (non-hydrogen) atoms. The Bertz CT molecular complexity index is 1190. The maximum absolute atomic E-state index is 13.4. The average Bonchev–Trinajstić information content (AvgIpc) is 2.78. The number of nitrogens with one attached hydrogen (secondary N) is 1. The van der Waals surface area contributed by atoms with Gasteiger partial charge in [0.05, 0.1) is 17.1 Å². The van der Waals surface area contributed by atoms with Crippen LogP contribution in [0.4, 0.5) is 0 Å². The van der Waals surface area contributed by atoms with Crippen molar-refractivity contribution in [1.29, 1.82) is 0 Å². The molecule has 1 atom stereocenters. The summed E-state index contributed by atoms with van der Waals surface area (Å²) >= 11 is 2.22. The third-order valence-electron chi connectivity index (χ3n) is 5.11. The van der Waals surface area contributed by atoms with E-state index in [2.05, 4.69) is 32.9 Å². The zero-order valence-corrected chi connectivity index (χ0v) is 18.6. The highest BCUT2D eigenvalue weighted by atomic mass is 127. The van der Waals surface area contributed by atoms with Gasteiger partial charge in [-0.3, -0.25) is 4.79 Å². The molecule has 0 unspecified atom stereocenters. The van der Waals surface area contributed by atoms with E-state index in [0.717, 1.165) is 21.1 Å². The number of aromatic hydroxyl groups is 1. The molecule has 0 aliphatic carbocycles. The van der Waals surface area contributed by atoms with Crippen LogP contribution in [0.5, 0.6) is 5.75 Å². The van der Waals surface area contributed by atoms with Crippen molar-refractivity contribution in [3.63, 3.8) is 0 Å². The standard InChI is InChI=1S/C25H21IN2O2/c1-2-20(16-9-5-3-6-10-16)28-25(30)22-19-14-13-18(26)15-21(19)27-23(24(22)29)17-11-7-4-8-12-17/h3-15,20,29H,2H2,1H3,(H,28,30)/t20-/m0/s1. The Morgan fingerprint density at radius 2 is 1.70 bits per heavy atom. The first-order valence-electron chi connectivity index (χ1n) is 9.82. The second-order valence-corrected chi connectivity index (χ2v) is 8.30. The van der Waals surface area contributed by atoms with E-state index in [1.54, 1.807) is 0 Å². The van der Waals surface area contributed by atoms with Crippen molar-refractivity contribution in [2.24, 2.45) is 0 Å². The molecule has 1 amide bonds. The number of hydrogen-bond acceptors (Lipinski definition) is 3. The molecule has 0 aliphatic heterocycles. The minimum absolute atomic E-state index is 0.102. The highest BCUT2D eigenvalue weighted by Crippen LogP contribution is 2.36. The van der Waals surface area contributed by atoms with Crippen molar-refractivity contribution in [2.45, 2.75) is 19.4 Å². The highest BCUT2D eigenvalue weighted by Gasteiger charge is 2.23. The monoisotopic (exact) mass is 508 g/mol. The number of amides is 1.